The van der Waals surface area contributed by atoms with E-state index in [1.54, 1.807) is 17.7 Å². The molecule has 0 fully saturated rings. The Morgan fingerprint density at radius 3 is 2.86 bits per heavy atom. The molecule has 3 aromatic heterocycles. The van der Waals surface area contributed by atoms with Crippen LogP contribution in [0.15, 0.2) is 11.7 Å². The smallest absolute Gasteiger partial charge is 0.154 e. The molecule has 0 saturated heterocycles. The summed E-state index contributed by atoms with van der Waals surface area (Å²) in [6, 6.07) is -0.00386. The average Bonchev–Trinajstić information content (AvgIpc) is 3.11. The van der Waals surface area contributed by atoms with Crippen LogP contribution in [0.2, 0.25) is 0 Å². The zero-order valence-electron chi connectivity index (χ0n) is 11.9. The summed E-state index contributed by atoms with van der Waals surface area (Å²) < 4.78 is 6.12. The molecule has 0 bridgehead atoms. The third kappa shape index (κ3) is 2.61. The van der Waals surface area contributed by atoms with Gasteiger partial charge in [-0.25, -0.2) is 4.98 Å². The van der Waals surface area contributed by atoms with Crippen LogP contribution in [0.25, 0.3) is 11.3 Å². The summed E-state index contributed by atoms with van der Waals surface area (Å²) in [6.45, 7) is 4.00. The van der Waals surface area contributed by atoms with E-state index in [1.165, 1.54) is 11.5 Å². The molecule has 9 heteroatoms. The van der Waals surface area contributed by atoms with Crippen molar-refractivity contribution in [2.75, 3.05) is 11.1 Å². The quantitative estimate of drug-likeness (QED) is 0.766. The van der Waals surface area contributed by atoms with Crippen molar-refractivity contribution in [1.29, 1.82) is 0 Å². The van der Waals surface area contributed by atoms with E-state index in [1.807, 2.05) is 30.8 Å². The normalized spacial score (nSPS) is 12.5. The van der Waals surface area contributed by atoms with Gasteiger partial charge in [0.15, 0.2) is 5.82 Å². The third-order valence-electron chi connectivity index (χ3n) is 3.07. The Bertz CT molecular complexity index is 757. The lowest BCUT2D eigenvalue weighted by atomic mass is 10.2. The van der Waals surface area contributed by atoms with Crippen LogP contribution in [0.1, 0.15) is 23.8 Å². The molecule has 3 aromatic rings. The number of nitrogens with one attached hydrogen (secondary N) is 1. The van der Waals surface area contributed by atoms with Crippen LogP contribution in [0.3, 0.4) is 0 Å². The number of hydrogen-bond acceptors (Lipinski definition) is 8. The molecule has 0 aromatic carbocycles. The van der Waals surface area contributed by atoms with E-state index in [0.717, 1.165) is 27.1 Å². The molecule has 0 aliphatic heterocycles. The molecule has 7 nitrogen and oxygen atoms in total. The van der Waals surface area contributed by atoms with Gasteiger partial charge >= 0.3 is 0 Å². The molecule has 21 heavy (non-hydrogen) atoms. The van der Waals surface area contributed by atoms with Gasteiger partial charge in [0.05, 0.1) is 22.3 Å². The summed E-state index contributed by atoms with van der Waals surface area (Å²) in [4.78, 5) is 4.49. The predicted octanol–water partition coefficient (Wildman–Crippen LogP) is 2.46. The van der Waals surface area contributed by atoms with E-state index in [-0.39, 0.29) is 6.04 Å². The summed E-state index contributed by atoms with van der Waals surface area (Å²) in [5.74, 6) is 1.35. The Kier molecular flexibility index (Phi) is 3.60. The summed E-state index contributed by atoms with van der Waals surface area (Å²) in [6.07, 6.45) is 1.68. The maximum absolute atomic E-state index is 6.00. The second kappa shape index (κ2) is 5.41. The summed E-state index contributed by atoms with van der Waals surface area (Å²) in [5, 5.41) is 15.3. The van der Waals surface area contributed by atoms with Crippen LogP contribution in [-0.4, -0.2) is 24.1 Å². The topological polar surface area (TPSA) is 94.5 Å². The molecule has 0 amide bonds. The Morgan fingerprint density at radius 1 is 1.43 bits per heavy atom. The molecule has 3 heterocycles. The fourth-order valence-corrected chi connectivity index (χ4v) is 3.49. The average molecular weight is 321 g/mol. The van der Waals surface area contributed by atoms with Crippen molar-refractivity contribution >= 4 is 33.7 Å². The van der Waals surface area contributed by atoms with Crippen LogP contribution in [0.4, 0.5) is 10.8 Å². The van der Waals surface area contributed by atoms with Gasteiger partial charge in [-0.1, -0.05) is 0 Å². The van der Waals surface area contributed by atoms with E-state index in [4.69, 9.17) is 5.73 Å². The van der Waals surface area contributed by atoms with Crippen molar-refractivity contribution in [2.45, 2.75) is 19.9 Å². The largest absolute Gasteiger partial charge is 0.382 e. The molecule has 3 N–H and O–H groups in total. The van der Waals surface area contributed by atoms with E-state index >= 15 is 0 Å². The van der Waals surface area contributed by atoms with Crippen LogP contribution < -0.4 is 11.1 Å². The second-order valence-corrected chi connectivity index (χ2v) is 6.53. The van der Waals surface area contributed by atoms with Crippen LogP contribution in [-0.2, 0) is 7.05 Å². The molecule has 110 valence electrons. The molecule has 3 rings (SSSR count). The Labute approximate surface area is 130 Å². The predicted molar refractivity (Wildman–Crippen MR) is 85.4 cm³/mol. The summed E-state index contributed by atoms with van der Waals surface area (Å²) in [7, 11) is 1.92. The van der Waals surface area contributed by atoms with Crippen molar-refractivity contribution in [1.82, 2.24) is 24.1 Å². The number of nitrogen functional groups attached to an aromatic ring is 1. The van der Waals surface area contributed by atoms with Gasteiger partial charge < -0.3 is 15.6 Å². The highest BCUT2D eigenvalue weighted by atomic mass is 32.1. The van der Waals surface area contributed by atoms with Gasteiger partial charge in [-0.3, -0.25) is 0 Å². The number of aryl methyl sites for hydroxylation is 2. The zero-order valence-corrected chi connectivity index (χ0v) is 13.5. The standard InChI is InChI=1S/C12H15N7S2/c1-6(11-17-14-5-19(11)3)15-12-9(10(13)18-21-12)8-4-20-7(2)16-8/h4-6,15H,1-3H3,(H2,13,18). The number of anilines is 2. The van der Waals surface area contributed by atoms with Gasteiger partial charge in [0.2, 0.25) is 0 Å². The molecule has 0 saturated carbocycles. The molecule has 0 aliphatic carbocycles. The number of nitrogens with two attached hydrogens (primary N) is 1. The molecule has 0 aliphatic rings. The zero-order chi connectivity index (χ0) is 15.0. The van der Waals surface area contributed by atoms with E-state index < -0.39 is 0 Å². The minimum absolute atomic E-state index is 0.00386. The SMILES string of the molecule is Cc1nc(-c2c(N)nsc2NC(C)c2nncn2C)cs1. The molecule has 1 atom stereocenters. The first kappa shape index (κ1) is 14.0. The Morgan fingerprint density at radius 2 is 2.24 bits per heavy atom. The number of hydrogen-bond donors (Lipinski definition) is 2. The van der Waals surface area contributed by atoms with Gasteiger partial charge in [-0.15, -0.1) is 21.5 Å². The summed E-state index contributed by atoms with van der Waals surface area (Å²) in [5.41, 5.74) is 7.72. The highest BCUT2D eigenvalue weighted by molar-refractivity contribution is 7.11. The molecule has 0 spiro atoms. The number of thiazole rings is 1. The molecular weight excluding hydrogens is 306 g/mol. The second-order valence-electron chi connectivity index (χ2n) is 4.69. The van der Waals surface area contributed by atoms with Gasteiger partial charge in [0.25, 0.3) is 0 Å². The lowest BCUT2D eigenvalue weighted by molar-refractivity contribution is 0.721. The lowest BCUT2D eigenvalue weighted by Crippen LogP contribution is -2.11. The van der Waals surface area contributed by atoms with Crippen molar-refractivity contribution < 1.29 is 0 Å². The Balaban J connectivity index is 1.92. The minimum atomic E-state index is -0.00386. The van der Waals surface area contributed by atoms with E-state index in [9.17, 15) is 0 Å². The monoisotopic (exact) mass is 321 g/mol. The van der Waals surface area contributed by atoms with Gasteiger partial charge in [-0.05, 0) is 25.4 Å². The first-order chi connectivity index (χ1) is 10.1. The van der Waals surface area contributed by atoms with Crippen LogP contribution in [0.5, 0.6) is 0 Å². The van der Waals surface area contributed by atoms with Crippen LogP contribution in [0, 0.1) is 6.92 Å². The number of nitrogens with zero attached hydrogens (tertiary/aromatic N) is 5. The van der Waals surface area contributed by atoms with Gasteiger partial charge in [0.1, 0.15) is 17.1 Å². The first-order valence-electron chi connectivity index (χ1n) is 6.34. The fraction of sp³-hybridized carbons (Fsp3) is 0.333. The van der Waals surface area contributed by atoms with Gasteiger partial charge in [-0.2, -0.15) is 4.37 Å². The van der Waals surface area contributed by atoms with E-state index in [0.29, 0.717) is 5.82 Å². The minimum Gasteiger partial charge on any atom is -0.382 e. The van der Waals surface area contributed by atoms with Crippen molar-refractivity contribution in [3.63, 3.8) is 0 Å². The van der Waals surface area contributed by atoms with Crippen LogP contribution >= 0.6 is 22.9 Å². The first-order valence-corrected chi connectivity index (χ1v) is 7.99. The van der Waals surface area contributed by atoms with Gasteiger partial charge in [0, 0.05) is 12.4 Å². The maximum Gasteiger partial charge on any atom is 0.154 e. The Hall–Kier alpha value is -2.00. The fourth-order valence-electron chi connectivity index (χ4n) is 2.07. The summed E-state index contributed by atoms with van der Waals surface area (Å²) >= 11 is 2.93. The van der Waals surface area contributed by atoms with Crippen molar-refractivity contribution in [3.8, 4) is 11.3 Å². The lowest BCUT2D eigenvalue weighted by Gasteiger charge is -2.13. The third-order valence-corrected chi connectivity index (χ3v) is 4.64. The van der Waals surface area contributed by atoms with E-state index in [2.05, 4.69) is 24.9 Å². The molecular formula is C12H15N7S2. The maximum atomic E-state index is 6.00. The highest BCUT2D eigenvalue weighted by Gasteiger charge is 2.19. The number of rotatable bonds is 4. The highest BCUT2D eigenvalue weighted by Crippen LogP contribution is 2.38. The number of aromatic nitrogens is 5. The van der Waals surface area contributed by atoms with Crippen molar-refractivity contribution in [2.24, 2.45) is 7.05 Å². The van der Waals surface area contributed by atoms with Crippen molar-refractivity contribution in [3.05, 3.63) is 22.5 Å². The molecule has 0 radical (unpaired) electrons. The molecule has 1 unspecified atom stereocenters.